The van der Waals surface area contributed by atoms with Gasteiger partial charge in [-0.05, 0) is 79.3 Å². The normalized spacial score (nSPS) is 14.6. The maximum Gasteiger partial charge on any atom is 0.416 e. The van der Waals surface area contributed by atoms with Crippen LogP contribution in [0.3, 0.4) is 0 Å². The average molecular weight is 511 g/mol. The van der Waals surface area contributed by atoms with E-state index in [0.717, 1.165) is 37.8 Å². The Balaban J connectivity index is 1.60. The molecule has 0 radical (unpaired) electrons. The van der Waals surface area contributed by atoms with Crippen LogP contribution >= 0.6 is 0 Å². The second-order valence-corrected chi connectivity index (χ2v) is 8.47. The van der Waals surface area contributed by atoms with Gasteiger partial charge in [-0.25, -0.2) is 5.06 Å². The van der Waals surface area contributed by atoms with Crippen molar-refractivity contribution in [1.29, 1.82) is 0 Å². The Bertz CT molecular complexity index is 1190. The molecule has 0 fully saturated rings. The minimum Gasteiger partial charge on any atom is -0.457 e. The van der Waals surface area contributed by atoms with Crippen LogP contribution in [0.15, 0.2) is 66.7 Å². The Morgan fingerprint density at radius 2 is 1.44 bits per heavy atom. The van der Waals surface area contributed by atoms with Gasteiger partial charge in [0.2, 0.25) is 0 Å². The van der Waals surface area contributed by atoms with Crippen LogP contribution in [0.25, 0.3) is 0 Å². The topological polar surface area (TPSA) is 41.9 Å². The van der Waals surface area contributed by atoms with Gasteiger partial charge in [-0.2, -0.15) is 26.3 Å². The van der Waals surface area contributed by atoms with Crippen molar-refractivity contribution in [2.75, 3.05) is 11.6 Å². The predicted molar refractivity (Wildman–Crippen MR) is 121 cm³/mol. The van der Waals surface area contributed by atoms with Crippen LogP contribution in [0.4, 0.5) is 32.0 Å². The largest absolute Gasteiger partial charge is 0.457 e. The second kappa shape index (κ2) is 10.3. The molecule has 36 heavy (non-hydrogen) atoms. The lowest BCUT2D eigenvalue weighted by Gasteiger charge is -2.28. The first kappa shape index (κ1) is 25.7. The number of hydrogen-bond donors (Lipinski definition) is 1. The van der Waals surface area contributed by atoms with Gasteiger partial charge in [0.05, 0.1) is 17.8 Å². The van der Waals surface area contributed by atoms with Gasteiger partial charge in [0.25, 0.3) is 0 Å². The number of hydrogen-bond acceptors (Lipinski definition) is 4. The van der Waals surface area contributed by atoms with Crippen molar-refractivity contribution >= 4 is 5.69 Å². The van der Waals surface area contributed by atoms with Crippen LogP contribution in [0.1, 0.15) is 29.5 Å². The molecular formula is C26H23F6NO3. The number of aryl methyl sites for hydroxylation is 2. The van der Waals surface area contributed by atoms with Crippen LogP contribution in [-0.2, 0) is 19.0 Å². The van der Waals surface area contributed by atoms with Gasteiger partial charge in [0.15, 0.2) is 11.9 Å². The van der Waals surface area contributed by atoms with E-state index >= 15 is 0 Å². The number of nitrogens with zero attached hydrogens (tertiary/aromatic N) is 1. The van der Waals surface area contributed by atoms with Gasteiger partial charge in [0, 0.05) is 6.07 Å². The summed E-state index contributed by atoms with van der Waals surface area (Å²) in [6.07, 6.45) is -8.32. The van der Waals surface area contributed by atoms with Crippen molar-refractivity contribution in [2.45, 2.75) is 44.1 Å². The number of aliphatic hydroxyl groups excluding tert-OH is 1. The van der Waals surface area contributed by atoms with E-state index in [1.165, 1.54) is 35.4 Å². The minimum absolute atomic E-state index is 0.0474. The third-order valence-electron chi connectivity index (χ3n) is 5.75. The molecule has 0 aromatic heterocycles. The molecular weight excluding hydrogens is 488 g/mol. The lowest BCUT2D eigenvalue weighted by Crippen LogP contribution is -2.42. The smallest absolute Gasteiger partial charge is 0.416 e. The van der Waals surface area contributed by atoms with Gasteiger partial charge in [0.1, 0.15) is 11.5 Å². The summed E-state index contributed by atoms with van der Waals surface area (Å²) >= 11 is 0. The Labute approximate surface area is 203 Å². The quantitative estimate of drug-likeness (QED) is 0.271. The maximum atomic E-state index is 13.1. The number of alkyl halides is 6. The highest BCUT2D eigenvalue weighted by molar-refractivity contribution is 5.51. The third kappa shape index (κ3) is 6.42. The van der Waals surface area contributed by atoms with Gasteiger partial charge in [-0.15, -0.1) is 0 Å². The molecule has 0 saturated heterocycles. The molecule has 4 nitrogen and oxygen atoms in total. The highest BCUT2D eigenvalue weighted by Crippen LogP contribution is 2.34. The number of fused-ring (bicyclic) bond motifs is 1. The summed E-state index contributed by atoms with van der Waals surface area (Å²) in [6.45, 7) is -1.08. The van der Waals surface area contributed by atoms with E-state index in [4.69, 9.17) is 9.57 Å². The number of benzene rings is 3. The predicted octanol–water partition coefficient (Wildman–Crippen LogP) is 7.10. The summed E-state index contributed by atoms with van der Waals surface area (Å²) in [4.78, 5) is 5.40. The van der Waals surface area contributed by atoms with Gasteiger partial charge >= 0.3 is 12.4 Å². The molecule has 1 aliphatic rings. The third-order valence-corrected chi connectivity index (χ3v) is 5.75. The molecule has 0 amide bonds. The van der Waals surface area contributed by atoms with Crippen LogP contribution < -0.4 is 14.6 Å². The fraction of sp³-hybridized carbons (Fsp3) is 0.308. The number of anilines is 1. The number of ether oxygens (including phenoxy) is 1. The molecule has 0 aliphatic heterocycles. The van der Waals surface area contributed by atoms with Crippen molar-refractivity contribution < 1.29 is 41.0 Å². The first-order valence-corrected chi connectivity index (χ1v) is 11.3. The molecule has 10 heteroatoms. The summed E-state index contributed by atoms with van der Waals surface area (Å²) in [6, 6.07) is 15.3. The van der Waals surface area contributed by atoms with Crippen LogP contribution in [0, 0.1) is 0 Å². The first-order chi connectivity index (χ1) is 17.0. The zero-order valence-corrected chi connectivity index (χ0v) is 18.9. The van der Waals surface area contributed by atoms with Crippen LogP contribution in [0.5, 0.6) is 17.2 Å². The summed E-state index contributed by atoms with van der Waals surface area (Å²) < 4.78 is 84.4. The number of hydroxylamine groups is 1. The van der Waals surface area contributed by atoms with E-state index in [0.29, 0.717) is 16.9 Å². The lowest BCUT2D eigenvalue weighted by molar-refractivity contribution is -0.202. The molecule has 0 spiro atoms. The Morgan fingerprint density at radius 3 is 2.17 bits per heavy atom. The maximum absolute atomic E-state index is 13.1. The monoisotopic (exact) mass is 511 g/mol. The average Bonchev–Trinajstić information content (AvgIpc) is 2.83. The van der Waals surface area contributed by atoms with E-state index in [1.807, 2.05) is 12.1 Å². The van der Waals surface area contributed by atoms with E-state index in [2.05, 4.69) is 0 Å². The molecule has 0 bridgehead atoms. The molecule has 0 unspecified atom stereocenters. The number of halogens is 6. The molecule has 1 N–H and O–H groups in total. The van der Waals surface area contributed by atoms with Crippen molar-refractivity contribution in [3.63, 3.8) is 0 Å². The van der Waals surface area contributed by atoms with Crippen molar-refractivity contribution in [3.8, 4) is 17.2 Å². The SMILES string of the molecule is O[C@@H](CN(Oc1cccc(C(F)(F)F)c1)c1cccc(Oc2ccc3c(c2)CCCC3)c1)C(F)(F)F. The molecule has 0 saturated carbocycles. The summed E-state index contributed by atoms with van der Waals surface area (Å²) in [5.41, 5.74) is 1.45. The zero-order valence-electron chi connectivity index (χ0n) is 18.9. The number of aliphatic hydroxyl groups is 1. The molecule has 1 atom stereocenters. The fourth-order valence-corrected chi connectivity index (χ4v) is 3.92. The van der Waals surface area contributed by atoms with E-state index in [1.54, 1.807) is 12.1 Å². The van der Waals surface area contributed by atoms with E-state index in [-0.39, 0.29) is 17.2 Å². The summed E-state index contributed by atoms with van der Waals surface area (Å²) in [7, 11) is 0. The van der Waals surface area contributed by atoms with E-state index in [9.17, 15) is 31.4 Å². The van der Waals surface area contributed by atoms with Crippen molar-refractivity contribution in [3.05, 3.63) is 83.4 Å². The standard InChI is InChI=1S/C26H23F6NO3/c27-25(28,29)19-7-3-10-23(14-19)36-33(16-24(34)26(30,31)32)20-8-4-9-21(15-20)35-22-12-11-17-5-1-2-6-18(17)13-22/h3-4,7-15,24,34H,1-2,5-6,16H2/t24-/m0/s1. The molecule has 192 valence electrons. The first-order valence-electron chi connectivity index (χ1n) is 11.3. The van der Waals surface area contributed by atoms with Gasteiger partial charge < -0.3 is 14.7 Å². The zero-order chi connectivity index (χ0) is 25.9. The number of rotatable bonds is 7. The van der Waals surface area contributed by atoms with Gasteiger partial charge in [-0.3, -0.25) is 0 Å². The van der Waals surface area contributed by atoms with Crippen LogP contribution in [0.2, 0.25) is 0 Å². The molecule has 4 rings (SSSR count). The molecule has 0 heterocycles. The Morgan fingerprint density at radius 1 is 0.778 bits per heavy atom. The lowest BCUT2D eigenvalue weighted by atomic mass is 9.92. The molecule has 3 aromatic rings. The highest BCUT2D eigenvalue weighted by atomic mass is 19.4. The van der Waals surface area contributed by atoms with Crippen LogP contribution in [-0.4, -0.2) is 23.9 Å². The second-order valence-electron chi connectivity index (χ2n) is 8.47. The van der Waals surface area contributed by atoms with E-state index < -0.39 is 30.6 Å². The molecule has 1 aliphatic carbocycles. The summed E-state index contributed by atoms with van der Waals surface area (Å²) in [5.74, 6) is 0.482. The highest BCUT2D eigenvalue weighted by Gasteiger charge is 2.40. The summed E-state index contributed by atoms with van der Waals surface area (Å²) in [5, 5.41) is 10.3. The van der Waals surface area contributed by atoms with Crippen molar-refractivity contribution in [1.82, 2.24) is 0 Å². The Kier molecular flexibility index (Phi) is 7.35. The minimum atomic E-state index is -4.97. The Hall–Kier alpha value is -3.40. The fourth-order valence-electron chi connectivity index (χ4n) is 3.92. The van der Waals surface area contributed by atoms with Gasteiger partial charge in [-0.1, -0.05) is 18.2 Å². The van der Waals surface area contributed by atoms with Crippen molar-refractivity contribution in [2.24, 2.45) is 0 Å². The molecule has 3 aromatic carbocycles.